The van der Waals surface area contributed by atoms with Crippen molar-refractivity contribution in [3.05, 3.63) is 53.3 Å². The lowest BCUT2D eigenvalue weighted by Gasteiger charge is -2.23. The molecule has 3 heterocycles. The van der Waals surface area contributed by atoms with Crippen molar-refractivity contribution in [1.82, 2.24) is 19.7 Å². The van der Waals surface area contributed by atoms with Crippen LogP contribution in [0.25, 0.3) is 11.0 Å². The number of carbonyl (C=O) groups is 2. The molecule has 0 spiro atoms. The van der Waals surface area contributed by atoms with Crippen molar-refractivity contribution in [2.75, 3.05) is 16.9 Å². The number of nitrogens with zero attached hydrogens (tertiary/aromatic N) is 4. The van der Waals surface area contributed by atoms with Gasteiger partial charge in [-0.15, -0.1) is 11.8 Å². The van der Waals surface area contributed by atoms with Crippen molar-refractivity contribution in [3.63, 3.8) is 0 Å². The Morgan fingerprint density at radius 2 is 1.94 bits per heavy atom. The molecule has 1 saturated carbocycles. The zero-order chi connectivity index (χ0) is 22.4. The van der Waals surface area contributed by atoms with Crippen LogP contribution >= 0.6 is 11.8 Å². The molecule has 3 aromatic rings. The van der Waals surface area contributed by atoms with E-state index in [4.69, 9.17) is 4.98 Å². The van der Waals surface area contributed by atoms with E-state index in [0.29, 0.717) is 23.1 Å². The molecule has 166 valence electrons. The van der Waals surface area contributed by atoms with Crippen molar-refractivity contribution in [1.29, 1.82) is 0 Å². The highest BCUT2D eigenvalue weighted by Gasteiger charge is 2.37. The summed E-state index contributed by atoms with van der Waals surface area (Å²) in [6.45, 7) is 6.12. The number of rotatable bonds is 5. The predicted octanol–water partition coefficient (Wildman–Crippen LogP) is 4.35. The summed E-state index contributed by atoms with van der Waals surface area (Å²) < 4.78 is 1.87. The number of nitrogens with one attached hydrogen (secondary N) is 1. The maximum atomic E-state index is 13.7. The second-order valence-corrected chi connectivity index (χ2v) is 9.93. The first-order valence-corrected chi connectivity index (χ1v) is 12.2. The Labute approximate surface area is 191 Å². The van der Waals surface area contributed by atoms with E-state index in [1.807, 2.05) is 41.9 Å². The molecular weight excluding hydrogens is 422 g/mol. The number of aromatic nitrogens is 3. The van der Waals surface area contributed by atoms with E-state index in [1.54, 1.807) is 22.9 Å². The number of pyridine rings is 1. The summed E-state index contributed by atoms with van der Waals surface area (Å²) in [5.41, 5.74) is 4.17. The summed E-state index contributed by atoms with van der Waals surface area (Å²) in [5, 5.41) is 8.22. The minimum atomic E-state index is -0.512. The summed E-state index contributed by atoms with van der Waals surface area (Å²) in [5.74, 6) is 1.20. The zero-order valence-corrected chi connectivity index (χ0v) is 19.4. The van der Waals surface area contributed by atoms with Crippen molar-refractivity contribution in [2.45, 2.75) is 51.6 Å². The van der Waals surface area contributed by atoms with E-state index in [2.05, 4.69) is 24.3 Å². The van der Waals surface area contributed by atoms with Crippen LogP contribution in [0.4, 0.5) is 5.69 Å². The van der Waals surface area contributed by atoms with Gasteiger partial charge in [0.05, 0.1) is 23.0 Å². The normalized spacial score (nSPS) is 18.5. The van der Waals surface area contributed by atoms with Gasteiger partial charge < -0.3 is 10.2 Å². The van der Waals surface area contributed by atoms with Gasteiger partial charge in [0.25, 0.3) is 5.91 Å². The van der Waals surface area contributed by atoms with Gasteiger partial charge in [-0.3, -0.25) is 9.59 Å². The molecule has 32 heavy (non-hydrogen) atoms. The number of thioether (sulfide) groups is 1. The quantitative estimate of drug-likeness (QED) is 0.626. The van der Waals surface area contributed by atoms with Gasteiger partial charge in [0.1, 0.15) is 6.04 Å². The number of hydrogen-bond donors (Lipinski definition) is 1. The van der Waals surface area contributed by atoms with Crippen LogP contribution in [0.1, 0.15) is 60.3 Å². The molecule has 1 aliphatic heterocycles. The smallest absolute Gasteiger partial charge is 0.256 e. The Hall–Kier alpha value is -2.87. The highest BCUT2D eigenvalue weighted by atomic mass is 32.2. The fourth-order valence-corrected chi connectivity index (χ4v) is 5.21. The third kappa shape index (κ3) is 3.88. The first kappa shape index (κ1) is 21.0. The molecule has 1 unspecified atom stereocenters. The van der Waals surface area contributed by atoms with Crippen LogP contribution in [0.2, 0.25) is 0 Å². The van der Waals surface area contributed by atoms with Gasteiger partial charge in [0.15, 0.2) is 5.65 Å². The van der Waals surface area contributed by atoms with E-state index in [0.717, 1.165) is 40.8 Å². The molecule has 1 N–H and O–H groups in total. The van der Waals surface area contributed by atoms with Gasteiger partial charge >= 0.3 is 0 Å². The minimum absolute atomic E-state index is 0.128. The van der Waals surface area contributed by atoms with Crippen LogP contribution in [0, 0.1) is 6.92 Å². The Bertz CT molecular complexity index is 1180. The summed E-state index contributed by atoms with van der Waals surface area (Å²) in [4.78, 5) is 33.3. The van der Waals surface area contributed by atoms with Crippen LogP contribution in [-0.4, -0.2) is 49.2 Å². The lowest BCUT2D eigenvalue weighted by Crippen LogP contribution is -2.44. The Morgan fingerprint density at radius 1 is 1.19 bits per heavy atom. The molecule has 1 aromatic carbocycles. The zero-order valence-electron chi connectivity index (χ0n) is 18.5. The summed E-state index contributed by atoms with van der Waals surface area (Å²) in [6, 6.07) is 9.25. The predicted molar refractivity (Wildman–Crippen MR) is 127 cm³/mol. The fraction of sp³-hybridized carbons (Fsp3) is 0.417. The van der Waals surface area contributed by atoms with Gasteiger partial charge in [-0.25, -0.2) is 9.67 Å². The molecule has 5 rings (SSSR count). The maximum Gasteiger partial charge on any atom is 0.256 e. The molecule has 2 amide bonds. The number of amides is 2. The monoisotopic (exact) mass is 449 g/mol. The first-order chi connectivity index (χ1) is 15.4. The summed E-state index contributed by atoms with van der Waals surface area (Å²) in [6.07, 6.45) is 3.93. The Balaban J connectivity index is 1.46. The topological polar surface area (TPSA) is 80.1 Å². The molecule has 2 fully saturated rings. The van der Waals surface area contributed by atoms with E-state index in [-0.39, 0.29) is 17.9 Å². The molecule has 2 aliphatic rings. The van der Waals surface area contributed by atoms with Crippen molar-refractivity contribution < 1.29 is 9.59 Å². The second kappa shape index (κ2) is 8.24. The van der Waals surface area contributed by atoms with Crippen molar-refractivity contribution >= 4 is 40.3 Å². The third-order valence-electron chi connectivity index (χ3n) is 6.07. The fourth-order valence-electron chi connectivity index (χ4n) is 4.06. The third-order valence-corrected chi connectivity index (χ3v) is 7.08. The van der Waals surface area contributed by atoms with Crippen LogP contribution in [0.3, 0.4) is 0 Å². The number of carbonyl (C=O) groups excluding carboxylic acids is 2. The van der Waals surface area contributed by atoms with E-state index in [1.165, 1.54) is 0 Å². The standard InChI is InChI=1S/C24H27N5O2S/c1-14(2)29-22-19(11-25-29)18(10-20(27-22)16-6-7-16)24(31)28-13-32-12-21(28)23(30)26-17-8-4-15(3)5-9-17/h4-5,8-11,14,16,21H,6-7,12-13H2,1-3H3,(H,26,30). The second-order valence-electron chi connectivity index (χ2n) is 8.94. The number of hydrogen-bond acceptors (Lipinski definition) is 5. The minimum Gasteiger partial charge on any atom is -0.324 e. The van der Waals surface area contributed by atoms with Crippen LogP contribution in [0.15, 0.2) is 36.5 Å². The van der Waals surface area contributed by atoms with Crippen LogP contribution in [0.5, 0.6) is 0 Å². The first-order valence-electron chi connectivity index (χ1n) is 11.1. The summed E-state index contributed by atoms with van der Waals surface area (Å²) >= 11 is 1.60. The molecule has 0 bridgehead atoms. The van der Waals surface area contributed by atoms with Crippen molar-refractivity contribution in [3.8, 4) is 0 Å². The molecule has 1 aliphatic carbocycles. The molecule has 8 heteroatoms. The van der Waals surface area contributed by atoms with E-state index < -0.39 is 6.04 Å². The SMILES string of the molecule is Cc1ccc(NC(=O)C2CSCN2C(=O)c2cc(C3CC3)nc3c2cnn3C(C)C)cc1. The van der Waals surface area contributed by atoms with Crippen molar-refractivity contribution in [2.24, 2.45) is 0 Å². The van der Waals surface area contributed by atoms with E-state index >= 15 is 0 Å². The highest BCUT2D eigenvalue weighted by Crippen LogP contribution is 2.40. The van der Waals surface area contributed by atoms with Gasteiger partial charge in [-0.2, -0.15) is 5.10 Å². The molecule has 2 aromatic heterocycles. The molecule has 1 atom stereocenters. The highest BCUT2D eigenvalue weighted by molar-refractivity contribution is 7.99. The average Bonchev–Trinajstić information content (AvgIpc) is 3.34. The number of benzene rings is 1. The van der Waals surface area contributed by atoms with Crippen LogP contribution < -0.4 is 5.32 Å². The summed E-state index contributed by atoms with van der Waals surface area (Å²) in [7, 11) is 0. The molecular formula is C24H27N5O2S. The maximum absolute atomic E-state index is 13.7. The van der Waals surface area contributed by atoms with Gasteiger partial charge in [-0.1, -0.05) is 17.7 Å². The number of fused-ring (bicyclic) bond motifs is 1. The Kier molecular flexibility index (Phi) is 5.41. The average molecular weight is 450 g/mol. The van der Waals surface area contributed by atoms with Gasteiger partial charge in [-0.05, 0) is 51.8 Å². The largest absolute Gasteiger partial charge is 0.324 e. The molecule has 7 nitrogen and oxygen atoms in total. The van der Waals surface area contributed by atoms with E-state index in [9.17, 15) is 9.59 Å². The van der Waals surface area contributed by atoms with Crippen LogP contribution in [-0.2, 0) is 4.79 Å². The molecule has 1 saturated heterocycles. The Morgan fingerprint density at radius 3 is 2.62 bits per heavy atom. The lowest BCUT2D eigenvalue weighted by molar-refractivity contribution is -0.119. The molecule has 0 radical (unpaired) electrons. The lowest BCUT2D eigenvalue weighted by atomic mass is 10.1. The number of aryl methyl sites for hydroxylation is 1. The van der Waals surface area contributed by atoms with Gasteiger partial charge in [0.2, 0.25) is 5.91 Å². The van der Waals surface area contributed by atoms with Gasteiger partial charge in [0, 0.05) is 29.1 Å². The number of anilines is 1.